The number of allylic oxidation sites excluding steroid dienone is 3. The highest BCUT2D eigenvalue weighted by Gasteiger charge is 2.70. The van der Waals surface area contributed by atoms with E-state index in [1.165, 1.54) is 68.1 Å². The van der Waals surface area contributed by atoms with Crippen molar-refractivity contribution < 1.29 is 19.4 Å². The third-order valence-electron chi connectivity index (χ3n) is 18.2. The van der Waals surface area contributed by atoms with E-state index in [1.54, 1.807) is 12.1 Å². The Labute approximate surface area is 338 Å². The van der Waals surface area contributed by atoms with E-state index >= 15 is 0 Å². The number of likely N-dealkylation sites (tertiary alicyclic amines) is 1. The van der Waals surface area contributed by atoms with Crippen LogP contribution in [0.3, 0.4) is 0 Å². The quantitative estimate of drug-likeness (QED) is 0.269. The second kappa shape index (κ2) is 13.7. The number of rotatable bonds is 7. The van der Waals surface area contributed by atoms with Gasteiger partial charge in [0.05, 0.1) is 5.56 Å². The highest BCUT2D eigenvalue weighted by atomic mass is 16.6. The molecule has 11 atom stereocenters. The number of carboxylic acid groups (broad SMARTS) is 1. The van der Waals surface area contributed by atoms with Crippen molar-refractivity contribution in [3.63, 3.8) is 0 Å². The molecular formula is C49H73N3O4. The molecule has 1 aromatic rings. The standard InChI is InChI=1S/C49H73N3O4/c1-31(2)36-19-24-49(50-27-28-51-29-34-15-16-35(30-51)52(34)43(55)56-44(3,4)5)26-25-47(9)38(41(36)49)17-18-40-46(8)22-20-37(32-11-13-33(14-12-32)42(53)54)45(6,7)39(46)21-23-48(40,47)10/h11-14,20,34-36,38-41,50H,1,15-19,21-30H2,2-10H3,(H,53,54). The smallest absolute Gasteiger partial charge is 0.410 e. The van der Waals surface area contributed by atoms with Gasteiger partial charge in [-0.25, -0.2) is 9.59 Å². The van der Waals surface area contributed by atoms with Gasteiger partial charge < -0.3 is 15.2 Å². The maximum atomic E-state index is 13.1. The Kier molecular flexibility index (Phi) is 9.83. The Bertz CT molecular complexity index is 1750. The number of amides is 1. The molecule has 7 heteroatoms. The lowest BCUT2D eigenvalue weighted by molar-refractivity contribution is -0.219. The molecule has 7 nitrogen and oxygen atoms in total. The van der Waals surface area contributed by atoms with Crippen LogP contribution >= 0.6 is 0 Å². The number of piperazine rings is 1. The maximum Gasteiger partial charge on any atom is 0.410 e. The van der Waals surface area contributed by atoms with Crippen LogP contribution in [0.2, 0.25) is 0 Å². The Hall–Kier alpha value is -2.64. The van der Waals surface area contributed by atoms with Crippen LogP contribution in [0.1, 0.15) is 149 Å². The molecule has 5 aliphatic carbocycles. The third kappa shape index (κ3) is 6.16. The minimum absolute atomic E-state index is 0.0147. The minimum Gasteiger partial charge on any atom is -0.478 e. The summed E-state index contributed by atoms with van der Waals surface area (Å²) in [5, 5.41) is 13.9. The predicted octanol–water partition coefficient (Wildman–Crippen LogP) is 10.5. The van der Waals surface area contributed by atoms with Gasteiger partial charge in [-0.1, -0.05) is 65.0 Å². The van der Waals surface area contributed by atoms with Crippen molar-refractivity contribution in [3.8, 4) is 0 Å². The first-order valence-electron chi connectivity index (χ1n) is 22.4. The van der Waals surface area contributed by atoms with Crippen molar-refractivity contribution in [2.24, 2.45) is 51.2 Å². The summed E-state index contributed by atoms with van der Waals surface area (Å²) in [5.74, 6) is 2.31. The number of nitrogens with zero attached hydrogens (tertiary/aromatic N) is 2. The molecule has 2 N–H and O–H groups in total. The molecule has 6 fully saturated rings. The maximum absolute atomic E-state index is 13.1. The second-order valence-corrected chi connectivity index (χ2v) is 22.2. The average molecular weight is 768 g/mol. The highest BCUT2D eigenvalue weighted by molar-refractivity contribution is 5.88. The molecule has 0 aromatic heterocycles. The summed E-state index contributed by atoms with van der Waals surface area (Å²) >= 11 is 0. The van der Waals surface area contributed by atoms with E-state index in [2.05, 4.69) is 69.3 Å². The first-order valence-corrected chi connectivity index (χ1v) is 22.4. The number of carbonyl (C=O) groups excluding carboxylic acids is 1. The molecular weight excluding hydrogens is 695 g/mol. The molecule has 2 bridgehead atoms. The zero-order valence-corrected chi connectivity index (χ0v) is 36.3. The van der Waals surface area contributed by atoms with Crippen LogP contribution < -0.4 is 5.32 Å². The number of ether oxygens (including phenoxy) is 1. The molecule has 7 aliphatic rings. The van der Waals surface area contributed by atoms with Crippen LogP contribution in [-0.4, -0.2) is 76.4 Å². The zero-order valence-electron chi connectivity index (χ0n) is 36.3. The van der Waals surface area contributed by atoms with Crippen LogP contribution in [0.15, 0.2) is 42.5 Å². The van der Waals surface area contributed by atoms with E-state index in [4.69, 9.17) is 4.74 Å². The van der Waals surface area contributed by atoms with Gasteiger partial charge in [0.15, 0.2) is 0 Å². The molecule has 56 heavy (non-hydrogen) atoms. The van der Waals surface area contributed by atoms with Crippen molar-refractivity contribution in [3.05, 3.63) is 53.6 Å². The Balaban J connectivity index is 0.995. The SMILES string of the molecule is C=C(C)C1CCC2(NCCN3CC4CCC(C3)N4C(=O)OC(C)(C)C)CCC3(C)C(CCC4C5(C)CC=C(c6ccc(C(=O)O)cc6)C(C)(C)C5CCC43C)C12. The fraction of sp³-hybridized carbons (Fsp3) is 0.755. The van der Waals surface area contributed by atoms with Gasteiger partial charge >= 0.3 is 12.1 Å². The number of carboxylic acids is 1. The topological polar surface area (TPSA) is 82.1 Å². The van der Waals surface area contributed by atoms with Gasteiger partial charge in [0.1, 0.15) is 5.60 Å². The normalized spacial score (nSPS) is 41.5. The van der Waals surface area contributed by atoms with Gasteiger partial charge in [-0.15, -0.1) is 0 Å². The van der Waals surface area contributed by atoms with Gasteiger partial charge in [0.25, 0.3) is 0 Å². The van der Waals surface area contributed by atoms with Crippen molar-refractivity contribution in [2.75, 3.05) is 26.2 Å². The summed E-state index contributed by atoms with van der Waals surface area (Å²) < 4.78 is 5.82. The van der Waals surface area contributed by atoms with Crippen molar-refractivity contribution in [1.82, 2.24) is 15.1 Å². The molecule has 8 rings (SSSR count). The Morgan fingerprint density at radius 3 is 2.18 bits per heavy atom. The van der Waals surface area contributed by atoms with E-state index in [9.17, 15) is 14.7 Å². The first-order chi connectivity index (χ1) is 26.2. The van der Waals surface area contributed by atoms with Crippen LogP contribution in [0.25, 0.3) is 5.57 Å². The molecule has 308 valence electrons. The highest BCUT2D eigenvalue weighted by Crippen LogP contribution is 2.76. The van der Waals surface area contributed by atoms with Crippen LogP contribution in [0.4, 0.5) is 4.79 Å². The van der Waals surface area contributed by atoms with Gasteiger partial charge in [-0.2, -0.15) is 0 Å². The van der Waals surface area contributed by atoms with Crippen molar-refractivity contribution in [2.45, 2.75) is 156 Å². The summed E-state index contributed by atoms with van der Waals surface area (Å²) in [6.07, 6.45) is 16.0. The third-order valence-corrected chi connectivity index (χ3v) is 18.2. The van der Waals surface area contributed by atoms with E-state index < -0.39 is 11.6 Å². The lowest BCUT2D eigenvalue weighted by atomic mass is 9.33. The molecule has 2 aliphatic heterocycles. The molecule has 2 heterocycles. The molecule has 1 amide bonds. The van der Waals surface area contributed by atoms with Gasteiger partial charge in [-0.05, 0) is 173 Å². The van der Waals surface area contributed by atoms with Crippen molar-refractivity contribution >= 4 is 17.6 Å². The molecule has 1 aromatic carbocycles. The summed E-state index contributed by atoms with van der Waals surface area (Å²) in [4.78, 5) is 29.4. The number of fused-ring (bicyclic) bond motifs is 9. The number of aromatic carboxylic acids is 1. The monoisotopic (exact) mass is 768 g/mol. The molecule has 0 radical (unpaired) electrons. The van der Waals surface area contributed by atoms with Crippen LogP contribution in [0.5, 0.6) is 0 Å². The second-order valence-electron chi connectivity index (χ2n) is 22.2. The summed E-state index contributed by atoms with van der Waals surface area (Å²) in [7, 11) is 0. The molecule has 11 unspecified atom stereocenters. The number of benzene rings is 1. The molecule has 0 spiro atoms. The predicted molar refractivity (Wildman–Crippen MR) is 225 cm³/mol. The van der Waals surface area contributed by atoms with Gasteiger partial charge in [0, 0.05) is 43.8 Å². The fourth-order valence-corrected chi connectivity index (χ4v) is 15.6. The number of hydrogen-bond acceptors (Lipinski definition) is 5. The van der Waals surface area contributed by atoms with Crippen LogP contribution in [-0.2, 0) is 4.74 Å². The lowest BCUT2D eigenvalue weighted by Crippen LogP contribution is -2.68. The van der Waals surface area contributed by atoms with E-state index in [-0.39, 0.29) is 45.4 Å². The van der Waals surface area contributed by atoms with Gasteiger partial charge in [-0.3, -0.25) is 9.80 Å². The summed E-state index contributed by atoms with van der Waals surface area (Å²) in [5.41, 5.74) is 4.87. The fourth-order valence-electron chi connectivity index (χ4n) is 15.6. The van der Waals surface area contributed by atoms with Crippen molar-refractivity contribution in [1.29, 1.82) is 0 Å². The number of nitrogens with one attached hydrogen (secondary N) is 1. The Morgan fingerprint density at radius 1 is 0.875 bits per heavy atom. The largest absolute Gasteiger partial charge is 0.478 e. The Morgan fingerprint density at radius 2 is 1.55 bits per heavy atom. The molecule has 2 saturated heterocycles. The minimum atomic E-state index is -0.863. The van der Waals surface area contributed by atoms with Gasteiger partial charge in [0.2, 0.25) is 0 Å². The van der Waals surface area contributed by atoms with E-state index in [0.717, 1.165) is 45.4 Å². The molecule has 4 saturated carbocycles. The first kappa shape index (κ1) is 40.2. The number of carbonyl (C=O) groups is 2. The summed E-state index contributed by atoms with van der Waals surface area (Å²) in [6.45, 7) is 29.9. The average Bonchev–Trinajstić information content (AvgIpc) is 3.63. The van der Waals surface area contributed by atoms with E-state index in [1.807, 2.05) is 32.9 Å². The van der Waals surface area contributed by atoms with E-state index in [0.29, 0.717) is 35.2 Å². The number of hydrogen-bond donors (Lipinski definition) is 2. The lowest BCUT2D eigenvalue weighted by Gasteiger charge is -2.72. The van der Waals surface area contributed by atoms with Crippen LogP contribution in [0, 0.1) is 51.2 Å². The zero-order chi connectivity index (χ0) is 40.2. The summed E-state index contributed by atoms with van der Waals surface area (Å²) in [6, 6.07) is 8.16.